The Bertz CT molecular complexity index is 5230. The third kappa shape index (κ3) is 17.0. The van der Waals surface area contributed by atoms with Crippen molar-refractivity contribution in [2.24, 2.45) is 22.9 Å². The standard InChI is InChI=1S/C20H16FNO5.C19H16FN3O3.C19H14FNO5.C18H14FN3O3/c1-26-18-16(20(25)27-2)9-15(19(23)24)14-8-12(10-22-17(14)18)7-11-3-5-13(21)6-4-11;1-26-17-15(19(22)25)8-14(18(21)24)13-7-11(9-23-16(13)17)6-10-2-4-12(20)5-3-10;1-26-17-15(19(24)25)8-14(18(22)23)13-7-11(9-21-16(13)17)6-10-2-4-12(20)5-3-10;19-11-3-1-9(2-4-11)5-10-6-12-13(17(20)24)7-14(18(21)25)16(23)15(12)22-8-10/h3-6,8-10H,7H2,1-2H3,(H,23,24);2-5,7-9H,6H2,1H3,(H2,21,24)(H2,22,25);2-5,7-9H,6H2,1H3,(H,22,23)(H,24,25);1-4,6-8,23H,5H2,(H2,20,24)(H2,21,25). The number of halogens is 4. The molecule has 0 bridgehead atoms. The zero-order chi connectivity index (χ0) is 75.4. The molecule has 0 unspecified atom stereocenters. The second-order valence-electron chi connectivity index (χ2n) is 22.9. The molecule has 0 radical (unpaired) electrons. The zero-order valence-electron chi connectivity index (χ0n) is 55.3. The summed E-state index contributed by atoms with van der Waals surface area (Å²) in [5, 5.41) is 39.9. The number of aromatic carboxylic acids is 3. The van der Waals surface area contributed by atoms with Gasteiger partial charge in [0.2, 0.25) is 11.8 Å². The molecule has 0 spiro atoms. The third-order valence-corrected chi connectivity index (χ3v) is 16.0. The average Bonchev–Trinajstić information content (AvgIpc) is 0.787. The Morgan fingerprint density at radius 3 is 0.865 bits per heavy atom. The Hall–Kier alpha value is -13.9. The number of ether oxygens (including phenoxy) is 4. The Kier molecular flexibility index (Phi) is 23.1. The number of esters is 1. The minimum Gasteiger partial charge on any atom is -0.505 e. The predicted octanol–water partition coefficient (Wildman–Crippen LogP) is 10.9. The molecule has 104 heavy (non-hydrogen) atoms. The second kappa shape index (κ2) is 32.4. The number of pyridine rings is 4. The number of rotatable bonds is 19. The number of carbonyl (C=O) groups excluding carboxylic acids is 5. The molecule has 4 amide bonds. The molecule has 0 aliphatic heterocycles. The van der Waals surface area contributed by atoms with Gasteiger partial charge in [0.05, 0.1) is 50.7 Å². The Balaban J connectivity index is 0.000000161. The number of phenols is 1. The molecular weight excluding hydrogens is 1360 g/mol. The number of fused-ring (bicyclic) bond motifs is 4. The van der Waals surface area contributed by atoms with Crippen LogP contribution in [-0.4, -0.2) is 116 Å². The van der Waals surface area contributed by atoms with Crippen LogP contribution in [0.4, 0.5) is 17.6 Å². The molecule has 12 aromatic rings. The smallest absolute Gasteiger partial charge is 0.341 e. The van der Waals surface area contributed by atoms with Crippen LogP contribution in [0.25, 0.3) is 43.6 Å². The van der Waals surface area contributed by atoms with Gasteiger partial charge in [-0.25, -0.2) is 36.7 Å². The van der Waals surface area contributed by atoms with Gasteiger partial charge in [0, 0.05) is 57.5 Å². The number of nitrogens with two attached hydrogens (primary N) is 4. The van der Waals surface area contributed by atoms with E-state index in [4.69, 9.17) is 41.9 Å². The van der Waals surface area contributed by atoms with E-state index in [1.807, 2.05) is 0 Å². The van der Waals surface area contributed by atoms with Crippen molar-refractivity contribution < 1.29 is 95.3 Å². The lowest BCUT2D eigenvalue weighted by molar-refractivity contribution is 0.0594. The molecule has 0 aliphatic rings. The van der Waals surface area contributed by atoms with Gasteiger partial charge in [-0.1, -0.05) is 48.5 Å². The number of primary amides is 4. The van der Waals surface area contributed by atoms with Gasteiger partial charge in [-0.3, -0.25) is 39.1 Å². The number of aromatic hydroxyl groups is 1. The van der Waals surface area contributed by atoms with Crippen molar-refractivity contribution in [2.75, 3.05) is 28.4 Å². The predicted molar refractivity (Wildman–Crippen MR) is 371 cm³/mol. The Morgan fingerprint density at radius 2 is 0.577 bits per heavy atom. The maximum Gasteiger partial charge on any atom is 0.341 e. The van der Waals surface area contributed by atoms with E-state index in [0.717, 1.165) is 51.1 Å². The average molecular weight is 1420 g/mol. The van der Waals surface area contributed by atoms with E-state index in [-0.39, 0.29) is 107 Å². The highest BCUT2D eigenvalue weighted by Crippen LogP contribution is 2.37. The first-order valence-corrected chi connectivity index (χ1v) is 30.7. The lowest BCUT2D eigenvalue weighted by Gasteiger charge is -2.13. The number of hydrogen-bond acceptors (Lipinski definition) is 17. The number of benzene rings is 8. The molecule has 4 aromatic heterocycles. The Labute approximate surface area is 586 Å². The van der Waals surface area contributed by atoms with E-state index in [0.29, 0.717) is 52.9 Å². The SMILES string of the molecule is COC(=O)c1cc(C(=O)O)c2cc(Cc3ccc(F)cc3)cnc2c1OC.COc1c(C(=O)O)cc(C(=O)O)c2cc(Cc3ccc(F)cc3)cnc12.COc1c(C(N)=O)cc(C(N)=O)c2cc(Cc3ccc(F)cc3)cnc12.NC(=O)c1cc(C(N)=O)c2cc(Cc3ccc(F)cc3)cnc2c1O. The quantitative estimate of drug-likeness (QED) is 0.0275. The van der Waals surface area contributed by atoms with Crippen LogP contribution in [0.2, 0.25) is 0 Å². The molecule has 12 N–H and O–H groups in total. The van der Waals surface area contributed by atoms with Crippen LogP contribution in [-0.2, 0) is 30.4 Å². The van der Waals surface area contributed by atoms with Crippen LogP contribution in [0.1, 0.15) is 127 Å². The van der Waals surface area contributed by atoms with Gasteiger partial charge in [-0.2, -0.15) is 0 Å². The highest BCUT2D eigenvalue weighted by molar-refractivity contribution is 6.14. The van der Waals surface area contributed by atoms with E-state index in [2.05, 4.69) is 19.9 Å². The first-order valence-electron chi connectivity index (χ1n) is 30.7. The molecule has 0 saturated heterocycles. The van der Waals surface area contributed by atoms with Crippen LogP contribution < -0.4 is 37.1 Å². The fraction of sp³-hybridized carbons (Fsp3) is 0.105. The molecule has 0 atom stereocenters. The van der Waals surface area contributed by atoms with Crippen LogP contribution in [0.3, 0.4) is 0 Å². The number of carboxylic acids is 3. The summed E-state index contributed by atoms with van der Waals surface area (Å²) in [5.41, 5.74) is 28.0. The van der Waals surface area contributed by atoms with Gasteiger partial charge in [0.15, 0.2) is 23.0 Å². The van der Waals surface area contributed by atoms with E-state index in [1.54, 1.807) is 85.2 Å². The molecule has 0 saturated carbocycles. The van der Waals surface area contributed by atoms with Crippen molar-refractivity contribution >= 4 is 91.1 Å². The highest BCUT2D eigenvalue weighted by Gasteiger charge is 2.26. The highest BCUT2D eigenvalue weighted by atomic mass is 19.1. The summed E-state index contributed by atoms with van der Waals surface area (Å²) in [6.45, 7) is 0. The lowest BCUT2D eigenvalue weighted by atomic mass is 9.98. The van der Waals surface area contributed by atoms with Gasteiger partial charge in [-0.15, -0.1) is 0 Å². The summed E-state index contributed by atoms with van der Waals surface area (Å²) in [5.74, 6) is -8.98. The van der Waals surface area contributed by atoms with Gasteiger partial charge in [0.25, 0.3) is 11.8 Å². The van der Waals surface area contributed by atoms with Crippen LogP contribution in [0.5, 0.6) is 23.0 Å². The van der Waals surface area contributed by atoms with E-state index >= 15 is 0 Å². The summed E-state index contributed by atoms with van der Waals surface area (Å²) in [4.78, 5) is 110. The lowest BCUT2D eigenvalue weighted by Crippen LogP contribution is -2.17. The van der Waals surface area contributed by atoms with Gasteiger partial charge in [0.1, 0.15) is 56.5 Å². The number of methoxy groups -OCH3 is 4. The molecule has 528 valence electrons. The second-order valence-corrected chi connectivity index (χ2v) is 22.9. The van der Waals surface area contributed by atoms with Crippen LogP contribution >= 0.6 is 0 Å². The maximum absolute atomic E-state index is 13.1. The number of carbonyl (C=O) groups is 8. The molecule has 8 aromatic carbocycles. The summed E-state index contributed by atoms with van der Waals surface area (Å²) in [7, 11) is 5.26. The minimum absolute atomic E-state index is 0.00540. The first kappa shape index (κ1) is 74.3. The van der Waals surface area contributed by atoms with Crippen molar-refractivity contribution in [2.45, 2.75) is 25.7 Å². The van der Waals surface area contributed by atoms with Gasteiger partial charge < -0.3 is 62.3 Å². The van der Waals surface area contributed by atoms with Crippen LogP contribution in [0.15, 0.2) is 170 Å². The molecule has 0 aliphatic carbocycles. The van der Waals surface area contributed by atoms with E-state index in [9.17, 15) is 76.3 Å². The van der Waals surface area contributed by atoms with Crippen molar-refractivity contribution in [1.82, 2.24) is 19.9 Å². The number of hydrogen-bond donors (Lipinski definition) is 8. The molecule has 12 rings (SSSR count). The van der Waals surface area contributed by atoms with Crippen molar-refractivity contribution in [1.29, 1.82) is 0 Å². The van der Waals surface area contributed by atoms with E-state index < -0.39 is 53.3 Å². The normalized spacial score (nSPS) is 10.7. The van der Waals surface area contributed by atoms with E-state index in [1.165, 1.54) is 101 Å². The van der Waals surface area contributed by atoms with Crippen molar-refractivity contribution in [3.8, 4) is 23.0 Å². The van der Waals surface area contributed by atoms with Crippen LogP contribution in [0, 0.1) is 23.3 Å². The number of amides is 4. The number of carboxylic acid groups (broad SMARTS) is 3. The molecular formula is C76H60F4N8O16. The molecule has 4 heterocycles. The molecule has 0 fully saturated rings. The molecule has 28 heteroatoms. The van der Waals surface area contributed by atoms with Crippen molar-refractivity contribution in [3.05, 3.63) is 283 Å². The fourth-order valence-corrected chi connectivity index (χ4v) is 11.2. The topological polar surface area (TPSA) is 410 Å². The number of aromatic nitrogens is 4. The summed E-state index contributed by atoms with van der Waals surface area (Å²) in [6, 6.07) is 35.5. The molecule has 24 nitrogen and oxygen atoms in total. The zero-order valence-corrected chi connectivity index (χ0v) is 55.3. The Morgan fingerprint density at radius 1 is 0.327 bits per heavy atom. The summed E-state index contributed by atoms with van der Waals surface area (Å²) in [6.07, 6.45) is 7.99. The van der Waals surface area contributed by atoms with Gasteiger partial charge in [-0.05, 0) is 167 Å². The van der Waals surface area contributed by atoms with Gasteiger partial charge >= 0.3 is 23.9 Å². The fourth-order valence-electron chi connectivity index (χ4n) is 11.2. The maximum atomic E-state index is 13.1. The number of nitrogens with zero attached hydrogens (tertiary/aromatic N) is 4. The third-order valence-electron chi connectivity index (χ3n) is 16.0. The summed E-state index contributed by atoms with van der Waals surface area (Å²) < 4.78 is 72.5. The summed E-state index contributed by atoms with van der Waals surface area (Å²) >= 11 is 0. The van der Waals surface area contributed by atoms with Crippen molar-refractivity contribution in [3.63, 3.8) is 0 Å². The largest absolute Gasteiger partial charge is 0.505 e. The first-order chi connectivity index (χ1) is 49.6. The minimum atomic E-state index is -1.30. The monoisotopic (exact) mass is 1420 g/mol.